The summed E-state index contributed by atoms with van der Waals surface area (Å²) in [5.74, 6) is 0.356. The van der Waals surface area contributed by atoms with Crippen LogP contribution in [-0.2, 0) is 16.6 Å². The van der Waals surface area contributed by atoms with E-state index >= 15 is 0 Å². The quantitative estimate of drug-likeness (QED) is 0.795. The SMILES string of the molecule is Cc1ccc(C(C)(C)C)c(O)c1CCC=O. The molecule has 0 amide bonds. The van der Waals surface area contributed by atoms with Gasteiger partial charge in [0.15, 0.2) is 0 Å². The average molecular weight is 220 g/mol. The fourth-order valence-corrected chi connectivity index (χ4v) is 1.86. The first-order valence-electron chi connectivity index (χ1n) is 5.63. The second-order valence-electron chi connectivity index (χ2n) is 5.21. The molecule has 0 heterocycles. The van der Waals surface area contributed by atoms with Gasteiger partial charge in [0.25, 0.3) is 0 Å². The molecule has 0 aromatic heterocycles. The Balaban J connectivity index is 3.21. The topological polar surface area (TPSA) is 37.3 Å². The normalized spacial score (nSPS) is 11.5. The second kappa shape index (κ2) is 4.69. The lowest BCUT2D eigenvalue weighted by molar-refractivity contribution is -0.107. The van der Waals surface area contributed by atoms with E-state index in [2.05, 4.69) is 20.8 Å². The number of phenolic OH excluding ortho intramolecular Hbond substituents is 1. The van der Waals surface area contributed by atoms with Crippen LogP contribution < -0.4 is 0 Å². The first-order valence-corrected chi connectivity index (χ1v) is 5.63. The highest BCUT2D eigenvalue weighted by atomic mass is 16.3. The molecular weight excluding hydrogens is 200 g/mol. The highest BCUT2D eigenvalue weighted by Gasteiger charge is 2.20. The van der Waals surface area contributed by atoms with E-state index in [1.165, 1.54) is 0 Å². The number of carbonyl (C=O) groups is 1. The third kappa shape index (κ3) is 2.63. The van der Waals surface area contributed by atoms with Gasteiger partial charge >= 0.3 is 0 Å². The molecule has 0 aliphatic heterocycles. The summed E-state index contributed by atoms with van der Waals surface area (Å²) in [7, 11) is 0. The Morgan fingerprint density at radius 3 is 2.44 bits per heavy atom. The van der Waals surface area contributed by atoms with E-state index in [-0.39, 0.29) is 5.41 Å². The maximum Gasteiger partial charge on any atom is 0.122 e. The average Bonchev–Trinajstić information content (AvgIpc) is 2.15. The lowest BCUT2D eigenvalue weighted by Crippen LogP contribution is -2.12. The lowest BCUT2D eigenvalue weighted by Gasteiger charge is -2.22. The van der Waals surface area contributed by atoms with Gasteiger partial charge in [-0.15, -0.1) is 0 Å². The molecule has 1 aromatic carbocycles. The zero-order valence-electron chi connectivity index (χ0n) is 10.5. The standard InChI is InChI=1S/C14H20O2/c1-10-7-8-12(14(2,3)4)13(16)11(10)6-5-9-15/h7-9,16H,5-6H2,1-4H3. The number of aryl methyl sites for hydroxylation is 1. The molecule has 0 unspecified atom stereocenters. The number of benzene rings is 1. The highest BCUT2D eigenvalue weighted by molar-refractivity contribution is 5.53. The van der Waals surface area contributed by atoms with Gasteiger partial charge in [-0.25, -0.2) is 0 Å². The maximum absolute atomic E-state index is 10.4. The van der Waals surface area contributed by atoms with Crippen LogP contribution in [0.2, 0.25) is 0 Å². The third-order valence-electron chi connectivity index (χ3n) is 2.84. The van der Waals surface area contributed by atoms with Gasteiger partial charge in [-0.1, -0.05) is 32.9 Å². The summed E-state index contributed by atoms with van der Waals surface area (Å²) < 4.78 is 0. The lowest BCUT2D eigenvalue weighted by atomic mass is 9.83. The van der Waals surface area contributed by atoms with Crippen LogP contribution in [0.1, 0.15) is 43.9 Å². The Hall–Kier alpha value is -1.31. The minimum Gasteiger partial charge on any atom is -0.507 e. The van der Waals surface area contributed by atoms with Gasteiger partial charge in [0.1, 0.15) is 12.0 Å². The van der Waals surface area contributed by atoms with Gasteiger partial charge in [0.2, 0.25) is 0 Å². The molecule has 0 aliphatic rings. The summed E-state index contributed by atoms with van der Waals surface area (Å²) in [5.41, 5.74) is 2.82. The zero-order chi connectivity index (χ0) is 12.3. The predicted octanol–water partition coefficient (Wildman–Crippen LogP) is 3.13. The minimum absolute atomic E-state index is 0.0757. The van der Waals surface area contributed by atoms with Crippen LogP contribution in [0.25, 0.3) is 0 Å². The summed E-state index contributed by atoms with van der Waals surface area (Å²) in [4.78, 5) is 10.4. The number of aromatic hydroxyl groups is 1. The second-order valence-corrected chi connectivity index (χ2v) is 5.21. The van der Waals surface area contributed by atoms with Crippen LogP contribution in [-0.4, -0.2) is 11.4 Å². The molecule has 0 radical (unpaired) electrons. The van der Waals surface area contributed by atoms with Crippen molar-refractivity contribution in [2.75, 3.05) is 0 Å². The van der Waals surface area contributed by atoms with E-state index in [4.69, 9.17) is 0 Å². The van der Waals surface area contributed by atoms with Gasteiger partial charge in [-0.3, -0.25) is 0 Å². The number of rotatable bonds is 3. The van der Waals surface area contributed by atoms with Crippen molar-refractivity contribution in [1.29, 1.82) is 0 Å². The molecule has 0 saturated heterocycles. The molecule has 1 rings (SSSR count). The Morgan fingerprint density at radius 1 is 1.31 bits per heavy atom. The van der Waals surface area contributed by atoms with Crippen LogP contribution in [0.5, 0.6) is 5.75 Å². The number of carbonyl (C=O) groups excluding carboxylic acids is 1. The molecule has 2 nitrogen and oxygen atoms in total. The monoisotopic (exact) mass is 220 g/mol. The minimum atomic E-state index is -0.0757. The Labute approximate surface area is 97.3 Å². The first-order chi connectivity index (χ1) is 7.38. The predicted molar refractivity (Wildman–Crippen MR) is 65.9 cm³/mol. The molecule has 0 saturated carbocycles. The van der Waals surface area contributed by atoms with Crippen molar-refractivity contribution in [2.24, 2.45) is 0 Å². The highest BCUT2D eigenvalue weighted by Crippen LogP contribution is 2.35. The fourth-order valence-electron chi connectivity index (χ4n) is 1.86. The van der Waals surface area contributed by atoms with E-state index in [1.807, 2.05) is 19.1 Å². The van der Waals surface area contributed by atoms with E-state index in [9.17, 15) is 9.90 Å². The maximum atomic E-state index is 10.4. The molecule has 1 N–H and O–H groups in total. The van der Waals surface area contributed by atoms with Gasteiger partial charge in [0.05, 0.1) is 0 Å². The van der Waals surface area contributed by atoms with Crippen molar-refractivity contribution in [3.05, 3.63) is 28.8 Å². The van der Waals surface area contributed by atoms with Crippen molar-refractivity contribution in [1.82, 2.24) is 0 Å². The molecule has 0 bridgehead atoms. The van der Waals surface area contributed by atoms with E-state index in [0.717, 1.165) is 23.0 Å². The van der Waals surface area contributed by atoms with Crippen molar-refractivity contribution < 1.29 is 9.90 Å². The van der Waals surface area contributed by atoms with Gasteiger partial charge in [0, 0.05) is 6.42 Å². The molecule has 0 spiro atoms. The molecular formula is C14H20O2. The summed E-state index contributed by atoms with van der Waals surface area (Å²) >= 11 is 0. The van der Waals surface area contributed by atoms with Gasteiger partial charge in [-0.05, 0) is 35.4 Å². The van der Waals surface area contributed by atoms with Crippen LogP contribution >= 0.6 is 0 Å². The Kier molecular flexibility index (Phi) is 3.74. The Morgan fingerprint density at radius 2 is 1.94 bits per heavy atom. The summed E-state index contributed by atoms with van der Waals surface area (Å²) in [6, 6.07) is 3.98. The van der Waals surface area contributed by atoms with Crippen LogP contribution in [0, 0.1) is 6.92 Å². The zero-order valence-corrected chi connectivity index (χ0v) is 10.5. The van der Waals surface area contributed by atoms with Gasteiger partial charge in [-0.2, -0.15) is 0 Å². The number of hydrogen-bond donors (Lipinski definition) is 1. The van der Waals surface area contributed by atoms with Crippen molar-refractivity contribution in [3.8, 4) is 5.75 Å². The molecule has 0 aliphatic carbocycles. The third-order valence-corrected chi connectivity index (χ3v) is 2.84. The molecule has 16 heavy (non-hydrogen) atoms. The number of aldehydes is 1. The fraction of sp³-hybridized carbons (Fsp3) is 0.500. The van der Waals surface area contributed by atoms with Crippen LogP contribution in [0.4, 0.5) is 0 Å². The van der Waals surface area contributed by atoms with Crippen LogP contribution in [0.3, 0.4) is 0 Å². The smallest absolute Gasteiger partial charge is 0.122 e. The van der Waals surface area contributed by atoms with Crippen LogP contribution in [0.15, 0.2) is 12.1 Å². The van der Waals surface area contributed by atoms with Crippen molar-refractivity contribution >= 4 is 6.29 Å². The molecule has 2 heteroatoms. The summed E-state index contributed by atoms with van der Waals surface area (Å²) in [6.45, 7) is 8.18. The molecule has 1 aromatic rings. The van der Waals surface area contributed by atoms with Crippen molar-refractivity contribution in [3.63, 3.8) is 0 Å². The van der Waals surface area contributed by atoms with Crippen molar-refractivity contribution in [2.45, 2.75) is 46.0 Å². The molecule has 0 atom stereocenters. The van der Waals surface area contributed by atoms with E-state index in [1.54, 1.807) is 0 Å². The largest absolute Gasteiger partial charge is 0.507 e. The number of phenols is 1. The van der Waals surface area contributed by atoms with E-state index < -0.39 is 0 Å². The molecule has 0 fully saturated rings. The Bertz CT molecular complexity index is 386. The van der Waals surface area contributed by atoms with E-state index in [0.29, 0.717) is 18.6 Å². The number of hydrogen-bond acceptors (Lipinski definition) is 2. The summed E-state index contributed by atoms with van der Waals surface area (Å²) in [6.07, 6.45) is 1.97. The van der Waals surface area contributed by atoms with Gasteiger partial charge < -0.3 is 9.90 Å². The first kappa shape index (κ1) is 12.8. The summed E-state index contributed by atoms with van der Waals surface area (Å²) in [5, 5.41) is 10.2. The molecule has 88 valence electrons.